The fourth-order valence-electron chi connectivity index (χ4n) is 2.83. The number of hydrogen-bond donors (Lipinski definition) is 2. The van der Waals surface area contributed by atoms with Crippen LogP contribution in [-0.4, -0.2) is 37.7 Å². The van der Waals surface area contributed by atoms with Gasteiger partial charge in [0, 0.05) is 13.2 Å². The lowest BCUT2D eigenvalue weighted by Crippen LogP contribution is -2.49. The largest absolute Gasteiger partial charge is 0.394 e. The fraction of sp³-hybridized carbons (Fsp3) is 0.500. The Balaban J connectivity index is 1.85. The van der Waals surface area contributed by atoms with Gasteiger partial charge in [0.05, 0.1) is 24.0 Å². The molecule has 0 aromatic carbocycles. The fourth-order valence-corrected chi connectivity index (χ4v) is 2.83. The first-order chi connectivity index (χ1) is 9.63. The molecule has 0 atom stereocenters. The van der Waals surface area contributed by atoms with Crippen molar-refractivity contribution in [3.63, 3.8) is 0 Å². The maximum absolute atomic E-state index is 12.3. The third-order valence-corrected chi connectivity index (χ3v) is 4.06. The van der Waals surface area contributed by atoms with E-state index < -0.39 is 5.54 Å². The van der Waals surface area contributed by atoms with Crippen LogP contribution in [0, 0.1) is 0 Å². The van der Waals surface area contributed by atoms with E-state index in [1.54, 1.807) is 18.6 Å². The van der Waals surface area contributed by atoms with Crippen LogP contribution < -0.4 is 5.32 Å². The van der Waals surface area contributed by atoms with Gasteiger partial charge in [-0.3, -0.25) is 4.79 Å². The highest BCUT2D eigenvalue weighted by Gasteiger charge is 2.34. The Hall–Kier alpha value is -1.95. The summed E-state index contributed by atoms with van der Waals surface area (Å²) >= 11 is 0. The topological polar surface area (TPSA) is 80.0 Å². The number of hydrogen-bond acceptors (Lipinski definition) is 4. The van der Waals surface area contributed by atoms with E-state index in [1.165, 1.54) is 0 Å². The Kier molecular flexibility index (Phi) is 3.17. The van der Waals surface area contributed by atoms with E-state index >= 15 is 0 Å². The first-order valence-electron chi connectivity index (χ1n) is 6.84. The van der Waals surface area contributed by atoms with Gasteiger partial charge in [0.2, 0.25) is 0 Å². The minimum absolute atomic E-state index is 0.0159. The summed E-state index contributed by atoms with van der Waals surface area (Å²) in [6.07, 6.45) is 6.96. The van der Waals surface area contributed by atoms with Crippen molar-refractivity contribution >= 4 is 17.1 Å². The molecule has 2 N–H and O–H groups in total. The summed E-state index contributed by atoms with van der Waals surface area (Å²) < 4.78 is 1.81. The molecule has 6 nitrogen and oxygen atoms in total. The number of carbonyl (C=O) groups excluding carboxylic acids is 1. The van der Waals surface area contributed by atoms with Crippen molar-refractivity contribution in [3.8, 4) is 0 Å². The van der Waals surface area contributed by atoms with Gasteiger partial charge in [-0.05, 0) is 18.9 Å². The molecule has 2 aromatic heterocycles. The van der Waals surface area contributed by atoms with Crippen molar-refractivity contribution < 1.29 is 9.90 Å². The van der Waals surface area contributed by atoms with E-state index in [-0.39, 0.29) is 12.5 Å². The Morgan fingerprint density at radius 1 is 1.45 bits per heavy atom. The molecule has 0 radical (unpaired) electrons. The molecule has 0 bridgehead atoms. The summed E-state index contributed by atoms with van der Waals surface area (Å²) in [4.78, 5) is 20.8. The predicted molar refractivity (Wildman–Crippen MR) is 74.3 cm³/mol. The van der Waals surface area contributed by atoms with E-state index in [1.807, 2.05) is 11.6 Å². The Bertz CT molecular complexity index is 644. The number of carbonyl (C=O) groups is 1. The number of imidazole rings is 1. The highest BCUT2D eigenvalue weighted by atomic mass is 16.3. The van der Waals surface area contributed by atoms with Crippen LogP contribution in [0.4, 0.5) is 0 Å². The minimum Gasteiger partial charge on any atom is -0.394 e. The zero-order valence-corrected chi connectivity index (χ0v) is 11.5. The molecule has 6 heteroatoms. The van der Waals surface area contributed by atoms with Crippen molar-refractivity contribution in [3.05, 3.63) is 24.2 Å². The molecule has 0 aliphatic heterocycles. The molecule has 0 saturated heterocycles. The standard InChI is InChI=1S/C14H18N4O2/c1-18-9-16-11-6-10(7-15-12(11)18)13(20)17-14(8-19)4-2-3-5-14/h6-7,9,19H,2-5,8H2,1H3,(H,17,20). The summed E-state index contributed by atoms with van der Waals surface area (Å²) in [6, 6.07) is 1.73. The number of aliphatic hydroxyl groups excluding tert-OH is 1. The molecule has 0 spiro atoms. The lowest BCUT2D eigenvalue weighted by Gasteiger charge is -2.27. The second-order valence-electron chi connectivity index (χ2n) is 5.52. The van der Waals surface area contributed by atoms with Gasteiger partial charge in [0.15, 0.2) is 5.65 Å². The number of fused-ring (bicyclic) bond motifs is 1. The molecule has 1 amide bonds. The van der Waals surface area contributed by atoms with E-state index in [2.05, 4.69) is 15.3 Å². The van der Waals surface area contributed by atoms with Gasteiger partial charge in [-0.15, -0.1) is 0 Å². The highest BCUT2D eigenvalue weighted by molar-refractivity contribution is 5.96. The van der Waals surface area contributed by atoms with Gasteiger partial charge < -0.3 is 15.0 Å². The molecule has 2 heterocycles. The first-order valence-corrected chi connectivity index (χ1v) is 6.84. The molecule has 1 fully saturated rings. The minimum atomic E-state index is -0.462. The van der Waals surface area contributed by atoms with Crippen LogP contribution in [0.1, 0.15) is 36.0 Å². The van der Waals surface area contributed by atoms with Gasteiger partial charge in [0.25, 0.3) is 5.91 Å². The number of pyridine rings is 1. The molecule has 1 aliphatic carbocycles. The summed E-state index contributed by atoms with van der Waals surface area (Å²) in [5, 5.41) is 12.5. The normalized spacial score (nSPS) is 17.5. The number of aliphatic hydroxyl groups is 1. The SMILES string of the molecule is Cn1cnc2cc(C(=O)NC3(CO)CCCC3)cnc21. The monoisotopic (exact) mass is 274 g/mol. The third kappa shape index (κ3) is 2.16. The number of aryl methyl sites for hydroxylation is 1. The molecule has 106 valence electrons. The van der Waals surface area contributed by atoms with Crippen molar-refractivity contribution in [2.45, 2.75) is 31.2 Å². The van der Waals surface area contributed by atoms with Crippen molar-refractivity contribution in [2.24, 2.45) is 7.05 Å². The second-order valence-corrected chi connectivity index (χ2v) is 5.52. The average molecular weight is 274 g/mol. The van der Waals surface area contributed by atoms with Crippen molar-refractivity contribution in [1.29, 1.82) is 0 Å². The predicted octanol–water partition coefficient (Wildman–Crippen LogP) is 1.00. The molecule has 1 saturated carbocycles. The van der Waals surface area contributed by atoms with Crippen molar-refractivity contribution in [2.75, 3.05) is 6.61 Å². The summed E-state index contributed by atoms with van der Waals surface area (Å²) in [7, 11) is 1.86. The maximum Gasteiger partial charge on any atom is 0.253 e. The lowest BCUT2D eigenvalue weighted by molar-refractivity contribution is 0.0838. The Labute approximate surface area is 116 Å². The number of nitrogens with one attached hydrogen (secondary N) is 1. The van der Waals surface area contributed by atoms with Crippen molar-refractivity contribution in [1.82, 2.24) is 19.9 Å². The quantitative estimate of drug-likeness (QED) is 0.875. The average Bonchev–Trinajstić information content (AvgIpc) is 3.07. The van der Waals surface area contributed by atoms with Gasteiger partial charge in [0.1, 0.15) is 5.52 Å². The van der Waals surface area contributed by atoms with Crippen LogP contribution in [-0.2, 0) is 7.05 Å². The summed E-state index contributed by atoms with van der Waals surface area (Å²) in [5.74, 6) is -0.194. The Morgan fingerprint density at radius 2 is 2.20 bits per heavy atom. The van der Waals surface area contributed by atoms with Crippen LogP contribution >= 0.6 is 0 Å². The maximum atomic E-state index is 12.3. The number of amides is 1. The number of rotatable bonds is 3. The molecular formula is C14H18N4O2. The molecule has 2 aromatic rings. The van der Waals surface area contributed by atoms with Crippen LogP contribution in [0.3, 0.4) is 0 Å². The molecule has 0 unspecified atom stereocenters. The molecule has 3 rings (SSSR count). The van der Waals surface area contributed by atoms with Gasteiger partial charge in [-0.2, -0.15) is 0 Å². The first kappa shape index (κ1) is 13.1. The van der Waals surface area contributed by atoms with E-state index in [9.17, 15) is 9.90 Å². The second kappa shape index (κ2) is 4.86. The van der Waals surface area contributed by atoms with Crippen LogP contribution in [0.25, 0.3) is 11.2 Å². The zero-order valence-electron chi connectivity index (χ0n) is 11.5. The highest BCUT2D eigenvalue weighted by Crippen LogP contribution is 2.29. The smallest absolute Gasteiger partial charge is 0.253 e. The summed E-state index contributed by atoms with van der Waals surface area (Å²) in [5.41, 5.74) is 1.47. The summed E-state index contributed by atoms with van der Waals surface area (Å²) in [6.45, 7) is -0.0159. The molecule has 20 heavy (non-hydrogen) atoms. The number of nitrogens with zero attached hydrogens (tertiary/aromatic N) is 3. The molecular weight excluding hydrogens is 256 g/mol. The van der Waals surface area contributed by atoms with Gasteiger partial charge >= 0.3 is 0 Å². The third-order valence-electron chi connectivity index (χ3n) is 4.06. The van der Waals surface area contributed by atoms with E-state index in [4.69, 9.17) is 0 Å². The Morgan fingerprint density at radius 3 is 2.90 bits per heavy atom. The molecule has 1 aliphatic rings. The lowest BCUT2D eigenvalue weighted by atomic mass is 9.98. The number of aromatic nitrogens is 3. The van der Waals surface area contributed by atoms with Crippen LogP contribution in [0.5, 0.6) is 0 Å². The van der Waals surface area contributed by atoms with E-state index in [0.29, 0.717) is 11.1 Å². The van der Waals surface area contributed by atoms with Gasteiger partial charge in [-0.1, -0.05) is 12.8 Å². The van der Waals surface area contributed by atoms with E-state index in [0.717, 1.165) is 31.3 Å². The van der Waals surface area contributed by atoms with Gasteiger partial charge in [-0.25, -0.2) is 9.97 Å². The van der Waals surface area contributed by atoms with Crippen LogP contribution in [0.15, 0.2) is 18.6 Å². The zero-order chi connectivity index (χ0) is 14.2. The van der Waals surface area contributed by atoms with Crippen LogP contribution in [0.2, 0.25) is 0 Å².